The van der Waals surface area contributed by atoms with Gasteiger partial charge in [-0.1, -0.05) is 35.6 Å². The number of aliphatic carboxylic acids is 1. The molecular weight excluding hydrogens is 412 g/mol. The Morgan fingerprint density at radius 2 is 1.61 bits per heavy atom. The van der Waals surface area contributed by atoms with Gasteiger partial charge in [-0.25, -0.2) is 8.42 Å². The molecule has 158 valence electrons. The molecule has 2 aromatic carbocycles. The summed E-state index contributed by atoms with van der Waals surface area (Å²) in [4.78, 5) is 15.5. The number of hydrogen-bond acceptors (Lipinski definition) is 4. The fourth-order valence-electron chi connectivity index (χ4n) is 2.85. The number of hydrogen-bond donors (Lipinski definition) is 1. The lowest BCUT2D eigenvalue weighted by atomic mass is 10.1. The van der Waals surface area contributed by atoms with Crippen LogP contribution in [0.3, 0.4) is 0 Å². The van der Waals surface area contributed by atoms with Crippen LogP contribution in [0.1, 0.15) is 29.2 Å². The third-order valence-corrected chi connectivity index (χ3v) is 6.64. The van der Waals surface area contributed by atoms with Gasteiger partial charge in [-0.05, 0) is 61.9 Å². The van der Waals surface area contributed by atoms with E-state index in [9.17, 15) is 18.3 Å². The van der Waals surface area contributed by atoms with E-state index in [4.69, 9.17) is 0 Å². The summed E-state index contributed by atoms with van der Waals surface area (Å²) in [7, 11) is -4.06. The molecule has 0 aliphatic rings. The summed E-state index contributed by atoms with van der Waals surface area (Å²) in [5.41, 5.74) is 3.26. The van der Waals surface area contributed by atoms with Gasteiger partial charge in [0, 0.05) is 30.1 Å². The fourth-order valence-corrected chi connectivity index (χ4v) is 4.43. The standard InChI is InChI=1S/C24H22N2O4S/c1-18-5-7-20(8-6-18)9-10-21-11-13-23(14-12-21)31(29,30)26(19(2)24(27)28)17-22-4-3-15-25-16-22/h3-8,11-16,19H,17H2,1-2H3,(H,27,28)/t19-/m1/s1. The summed E-state index contributed by atoms with van der Waals surface area (Å²) in [5.74, 6) is 4.82. The molecule has 1 N–H and O–H groups in total. The van der Waals surface area contributed by atoms with Crippen LogP contribution in [0, 0.1) is 18.8 Å². The zero-order valence-corrected chi connectivity index (χ0v) is 18.0. The van der Waals surface area contributed by atoms with E-state index in [-0.39, 0.29) is 11.4 Å². The lowest BCUT2D eigenvalue weighted by molar-refractivity contribution is -0.141. The average molecular weight is 435 g/mol. The molecule has 0 radical (unpaired) electrons. The maximum Gasteiger partial charge on any atom is 0.321 e. The first-order valence-electron chi connectivity index (χ1n) is 9.59. The Morgan fingerprint density at radius 1 is 1.03 bits per heavy atom. The van der Waals surface area contributed by atoms with Crippen LogP contribution in [-0.2, 0) is 21.4 Å². The third kappa shape index (κ3) is 5.57. The third-order valence-electron chi connectivity index (χ3n) is 4.71. The van der Waals surface area contributed by atoms with Crippen molar-refractivity contribution < 1.29 is 18.3 Å². The molecule has 6 nitrogen and oxygen atoms in total. The zero-order valence-electron chi connectivity index (χ0n) is 17.2. The lowest BCUT2D eigenvalue weighted by Crippen LogP contribution is -2.42. The molecule has 7 heteroatoms. The second kappa shape index (κ2) is 9.56. The molecule has 3 aromatic rings. The Hall–Kier alpha value is -3.47. The number of aryl methyl sites for hydroxylation is 1. The molecule has 1 atom stereocenters. The second-order valence-electron chi connectivity index (χ2n) is 7.07. The summed E-state index contributed by atoms with van der Waals surface area (Å²) in [6, 6.07) is 16.0. The van der Waals surface area contributed by atoms with Crippen LogP contribution < -0.4 is 0 Å². The van der Waals surface area contributed by atoms with E-state index < -0.39 is 22.0 Å². The smallest absolute Gasteiger partial charge is 0.321 e. The predicted octanol–water partition coefficient (Wildman–Crippen LogP) is 3.45. The van der Waals surface area contributed by atoms with Gasteiger partial charge in [0.15, 0.2) is 0 Å². The lowest BCUT2D eigenvalue weighted by Gasteiger charge is -2.25. The molecule has 0 unspecified atom stereocenters. The number of benzene rings is 2. The maximum atomic E-state index is 13.2. The molecule has 1 heterocycles. The normalized spacial score (nSPS) is 12.1. The van der Waals surface area contributed by atoms with Gasteiger partial charge < -0.3 is 5.11 Å². The number of carbonyl (C=O) groups is 1. The van der Waals surface area contributed by atoms with Crippen LogP contribution in [0.5, 0.6) is 0 Å². The topological polar surface area (TPSA) is 87.6 Å². The quantitative estimate of drug-likeness (QED) is 0.601. The molecule has 0 saturated heterocycles. The van der Waals surface area contributed by atoms with Crippen molar-refractivity contribution in [3.63, 3.8) is 0 Å². The molecule has 31 heavy (non-hydrogen) atoms. The van der Waals surface area contributed by atoms with Crippen LogP contribution in [0.2, 0.25) is 0 Å². The number of aromatic nitrogens is 1. The highest BCUT2D eigenvalue weighted by Crippen LogP contribution is 2.21. The summed E-state index contributed by atoms with van der Waals surface area (Å²) in [6.45, 7) is 3.25. The Balaban J connectivity index is 1.87. The van der Waals surface area contributed by atoms with E-state index in [1.165, 1.54) is 25.3 Å². The number of carboxylic acids is 1. The maximum absolute atomic E-state index is 13.2. The SMILES string of the molecule is Cc1ccc(C#Cc2ccc(S(=O)(=O)N(Cc3cccnc3)[C@H](C)C(=O)O)cc2)cc1. The van der Waals surface area contributed by atoms with Gasteiger partial charge in [0.1, 0.15) is 6.04 Å². The van der Waals surface area contributed by atoms with Crippen molar-refractivity contribution in [1.29, 1.82) is 0 Å². The van der Waals surface area contributed by atoms with Gasteiger partial charge in [0.05, 0.1) is 4.90 Å². The minimum atomic E-state index is -4.06. The molecular formula is C24H22N2O4S. The van der Waals surface area contributed by atoms with E-state index in [2.05, 4.69) is 16.8 Å². The molecule has 0 spiro atoms. The van der Waals surface area contributed by atoms with E-state index in [0.29, 0.717) is 11.1 Å². The van der Waals surface area contributed by atoms with Crippen molar-refractivity contribution >= 4 is 16.0 Å². The number of carboxylic acid groups (broad SMARTS) is 1. The summed E-state index contributed by atoms with van der Waals surface area (Å²) in [5, 5.41) is 9.44. The average Bonchev–Trinajstić information content (AvgIpc) is 2.77. The van der Waals surface area contributed by atoms with E-state index in [1.807, 2.05) is 31.2 Å². The van der Waals surface area contributed by atoms with Crippen LogP contribution in [0.25, 0.3) is 0 Å². The first kappa shape index (κ1) is 22.2. The number of sulfonamides is 1. The highest BCUT2D eigenvalue weighted by molar-refractivity contribution is 7.89. The summed E-state index contributed by atoms with van der Waals surface area (Å²) in [6.07, 6.45) is 3.08. The Morgan fingerprint density at radius 3 is 2.13 bits per heavy atom. The van der Waals surface area contributed by atoms with Crippen molar-refractivity contribution in [3.8, 4) is 11.8 Å². The monoisotopic (exact) mass is 434 g/mol. The Kier molecular flexibility index (Phi) is 6.85. The van der Waals surface area contributed by atoms with Gasteiger partial charge in [-0.15, -0.1) is 0 Å². The van der Waals surface area contributed by atoms with E-state index >= 15 is 0 Å². The largest absolute Gasteiger partial charge is 0.480 e. The minimum absolute atomic E-state index is 0.00498. The summed E-state index contributed by atoms with van der Waals surface area (Å²) < 4.78 is 27.4. The molecule has 0 saturated carbocycles. The van der Waals surface area contributed by atoms with E-state index in [1.54, 1.807) is 30.5 Å². The molecule has 0 aliphatic carbocycles. The van der Waals surface area contributed by atoms with Gasteiger partial charge in [-0.2, -0.15) is 4.31 Å². The van der Waals surface area contributed by atoms with Gasteiger partial charge in [-0.3, -0.25) is 9.78 Å². The highest BCUT2D eigenvalue weighted by Gasteiger charge is 2.33. The molecule has 0 bridgehead atoms. The van der Waals surface area contributed by atoms with Crippen LogP contribution >= 0.6 is 0 Å². The Labute approximate surface area is 182 Å². The number of rotatable bonds is 6. The minimum Gasteiger partial charge on any atom is -0.480 e. The molecule has 1 aromatic heterocycles. The molecule has 0 fully saturated rings. The van der Waals surface area contributed by atoms with Gasteiger partial charge in [0.2, 0.25) is 10.0 Å². The van der Waals surface area contributed by atoms with Gasteiger partial charge in [0.25, 0.3) is 0 Å². The Bertz CT molecular complexity index is 1210. The van der Waals surface area contributed by atoms with Crippen molar-refractivity contribution in [3.05, 3.63) is 95.3 Å². The fraction of sp³-hybridized carbons (Fsp3) is 0.167. The number of nitrogens with zero attached hydrogens (tertiary/aromatic N) is 2. The molecule has 0 amide bonds. The molecule has 3 rings (SSSR count). The highest BCUT2D eigenvalue weighted by atomic mass is 32.2. The first-order valence-corrected chi connectivity index (χ1v) is 11.0. The van der Waals surface area contributed by atoms with Crippen LogP contribution in [-0.4, -0.2) is 34.8 Å². The zero-order chi connectivity index (χ0) is 22.4. The van der Waals surface area contributed by atoms with Crippen molar-refractivity contribution in [2.24, 2.45) is 0 Å². The van der Waals surface area contributed by atoms with Crippen molar-refractivity contribution in [2.45, 2.75) is 31.3 Å². The van der Waals surface area contributed by atoms with Gasteiger partial charge >= 0.3 is 5.97 Å². The second-order valence-corrected chi connectivity index (χ2v) is 8.96. The van der Waals surface area contributed by atoms with Crippen molar-refractivity contribution in [2.75, 3.05) is 0 Å². The van der Waals surface area contributed by atoms with Crippen LogP contribution in [0.15, 0.2) is 78.0 Å². The van der Waals surface area contributed by atoms with Crippen molar-refractivity contribution in [1.82, 2.24) is 9.29 Å². The van der Waals surface area contributed by atoms with Crippen LogP contribution in [0.4, 0.5) is 0 Å². The molecule has 0 aliphatic heterocycles. The predicted molar refractivity (Wildman–Crippen MR) is 118 cm³/mol. The number of pyridine rings is 1. The van der Waals surface area contributed by atoms with E-state index in [0.717, 1.165) is 15.4 Å². The summed E-state index contributed by atoms with van der Waals surface area (Å²) >= 11 is 0. The first-order chi connectivity index (χ1) is 14.8.